The Kier molecular flexibility index (Phi) is 4.32. The fraction of sp³-hybridized carbons (Fsp3) is 0.333. The van der Waals surface area contributed by atoms with Crippen LogP contribution in [0.5, 0.6) is 0 Å². The van der Waals surface area contributed by atoms with Crippen LogP contribution in [0, 0.1) is 12.8 Å². The first-order valence-corrected chi connectivity index (χ1v) is 9.15. The molecule has 2 N–H and O–H groups in total. The third-order valence-corrected chi connectivity index (χ3v) is 5.08. The minimum atomic E-state index is 0.547. The number of thiazole rings is 1. The third kappa shape index (κ3) is 3.34. The van der Waals surface area contributed by atoms with Gasteiger partial charge in [-0.25, -0.2) is 9.67 Å². The van der Waals surface area contributed by atoms with E-state index in [2.05, 4.69) is 44.0 Å². The number of aromatic nitrogens is 3. The predicted molar refractivity (Wildman–Crippen MR) is 98.2 cm³/mol. The Morgan fingerprint density at radius 1 is 1.33 bits per heavy atom. The molecule has 0 saturated carbocycles. The fourth-order valence-corrected chi connectivity index (χ4v) is 3.81. The summed E-state index contributed by atoms with van der Waals surface area (Å²) < 4.78 is 2.07. The molecule has 2 aromatic heterocycles. The standard InChI is InChI=1S/C18H21N5S/c1-13-7-17-20-9-14(11-23(17)22-13)8-19-10-18-21-16(12-24-18)15-5-3-2-4-6-15/h2-7,12,14,19-20H,8-11H2,1H3. The zero-order valence-corrected chi connectivity index (χ0v) is 14.5. The number of aryl methyl sites for hydroxylation is 1. The van der Waals surface area contributed by atoms with Crippen molar-refractivity contribution in [2.75, 3.05) is 18.4 Å². The van der Waals surface area contributed by atoms with Gasteiger partial charge in [0.05, 0.1) is 11.4 Å². The number of anilines is 1. The molecule has 1 atom stereocenters. The molecule has 0 fully saturated rings. The van der Waals surface area contributed by atoms with Gasteiger partial charge >= 0.3 is 0 Å². The lowest BCUT2D eigenvalue weighted by atomic mass is 10.1. The summed E-state index contributed by atoms with van der Waals surface area (Å²) in [6, 6.07) is 12.4. The van der Waals surface area contributed by atoms with Crippen molar-refractivity contribution in [2.45, 2.75) is 20.0 Å². The molecule has 0 spiro atoms. The van der Waals surface area contributed by atoms with Crippen LogP contribution >= 0.6 is 11.3 Å². The molecule has 1 aromatic carbocycles. The Balaban J connectivity index is 1.30. The normalized spacial score (nSPS) is 16.6. The number of hydrogen-bond acceptors (Lipinski definition) is 5. The van der Waals surface area contributed by atoms with Crippen molar-refractivity contribution < 1.29 is 0 Å². The molecule has 0 radical (unpaired) electrons. The van der Waals surface area contributed by atoms with Gasteiger partial charge in [0, 0.05) is 49.1 Å². The molecule has 0 aliphatic carbocycles. The number of benzene rings is 1. The molecule has 0 bridgehead atoms. The van der Waals surface area contributed by atoms with Gasteiger partial charge in [-0.3, -0.25) is 0 Å². The van der Waals surface area contributed by atoms with E-state index in [1.165, 1.54) is 5.56 Å². The number of nitrogens with one attached hydrogen (secondary N) is 2. The number of hydrogen-bond donors (Lipinski definition) is 2. The minimum absolute atomic E-state index is 0.547. The first-order valence-electron chi connectivity index (χ1n) is 8.27. The van der Waals surface area contributed by atoms with Gasteiger partial charge in [-0.05, 0) is 6.92 Å². The summed E-state index contributed by atoms with van der Waals surface area (Å²) in [4.78, 5) is 4.73. The zero-order valence-electron chi connectivity index (χ0n) is 13.7. The van der Waals surface area contributed by atoms with Crippen LogP contribution in [0.15, 0.2) is 41.8 Å². The summed E-state index contributed by atoms with van der Waals surface area (Å²) >= 11 is 1.72. The zero-order chi connectivity index (χ0) is 16.4. The maximum absolute atomic E-state index is 4.73. The van der Waals surface area contributed by atoms with Crippen LogP contribution in [-0.2, 0) is 13.1 Å². The van der Waals surface area contributed by atoms with Gasteiger partial charge < -0.3 is 10.6 Å². The molecule has 1 aliphatic heterocycles. The van der Waals surface area contributed by atoms with E-state index in [-0.39, 0.29) is 0 Å². The Hall–Kier alpha value is -2.18. The summed E-state index contributed by atoms with van der Waals surface area (Å²) in [6.07, 6.45) is 0. The number of rotatable bonds is 5. The van der Waals surface area contributed by atoms with E-state index in [1.54, 1.807) is 11.3 Å². The first kappa shape index (κ1) is 15.4. The molecule has 3 heterocycles. The highest BCUT2D eigenvalue weighted by Crippen LogP contribution is 2.22. The minimum Gasteiger partial charge on any atom is -0.370 e. The number of fused-ring (bicyclic) bond motifs is 1. The van der Waals surface area contributed by atoms with Crippen molar-refractivity contribution in [1.29, 1.82) is 0 Å². The van der Waals surface area contributed by atoms with Gasteiger partial charge in [0.1, 0.15) is 10.8 Å². The molecule has 124 valence electrons. The molecule has 0 amide bonds. The molecule has 6 heteroatoms. The lowest BCUT2D eigenvalue weighted by Crippen LogP contribution is -2.35. The van der Waals surface area contributed by atoms with Crippen molar-refractivity contribution in [3.05, 3.63) is 52.5 Å². The number of nitrogens with zero attached hydrogens (tertiary/aromatic N) is 3. The Morgan fingerprint density at radius 3 is 3.08 bits per heavy atom. The van der Waals surface area contributed by atoms with Gasteiger partial charge in [0.25, 0.3) is 0 Å². The van der Waals surface area contributed by atoms with E-state index in [0.29, 0.717) is 5.92 Å². The Morgan fingerprint density at radius 2 is 2.21 bits per heavy atom. The van der Waals surface area contributed by atoms with Crippen LogP contribution in [0.3, 0.4) is 0 Å². The second kappa shape index (κ2) is 6.75. The van der Waals surface area contributed by atoms with Crippen LogP contribution in [0.25, 0.3) is 11.3 Å². The van der Waals surface area contributed by atoms with Crippen molar-refractivity contribution >= 4 is 17.2 Å². The highest BCUT2D eigenvalue weighted by atomic mass is 32.1. The summed E-state index contributed by atoms with van der Waals surface area (Å²) in [5.41, 5.74) is 3.31. The lowest BCUT2D eigenvalue weighted by molar-refractivity contribution is 0.390. The molecular formula is C18H21N5S. The van der Waals surface area contributed by atoms with Crippen molar-refractivity contribution in [3.63, 3.8) is 0 Å². The quantitative estimate of drug-likeness (QED) is 0.750. The average Bonchev–Trinajstić information content (AvgIpc) is 3.21. The topological polar surface area (TPSA) is 54.8 Å². The Bertz CT molecular complexity index is 808. The van der Waals surface area contributed by atoms with Gasteiger partial charge in [-0.1, -0.05) is 30.3 Å². The van der Waals surface area contributed by atoms with E-state index < -0.39 is 0 Å². The lowest BCUT2D eigenvalue weighted by Gasteiger charge is -2.24. The van der Waals surface area contributed by atoms with Gasteiger partial charge in [-0.2, -0.15) is 5.10 Å². The maximum Gasteiger partial charge on any atom is 0.124 e. The van der Waals surface area contributed by atoms with Crippen LogP contribution in [0.1, 0.15) is 10.7 Å². The largest absolute Gasteiger partial charge is 0.370 e. The monoisotopic (exact) mass is 339 g/mol. The van der Waals surface area contributed by atoms with E-state index >= 15 is 0 Å². The van der Waals surface area contributed by atoms with Crippen LogP contribution in [0.2, 0.25) is 0 Å². The molecule has 1 aliphatic rings. The van der Waals surface area contributed by atoms with Crippen LogP contribution in [-0.4, -0.2) is 27.9 Å². The molecule has 5 nitrogen and oxygen atoms in total. The third-order valence-electron chi connectivity index (χ3n) is 4.24. The maximum atomic E-state index is 4.73. The second-order valence-electron chi connectivity index (χ2n) is 6.22. The van der Waals surface area contributed by atoms with E-state index in [9.17, 15) is 0 Å². The highest BCUT2D eigenvalue weighted by molar-refractivity contribution is 7.09. The predicted octanol–water partition coefficient (Wildman–Crippen LogP) is 3.15. The smallest absolute Gasteiger partial charge is 0.124 e. The average molecular weight is 339 g/mol. The van der Waals surface area contributed by atoms with Gasteiger partial charge in [0.15, 0.2) is 0 Å². The molecular weight excluding hydrogens is 318 g/mol. The van der Waals surface area contributed by atoms with Gasteiger partial charge in [0.2, 0.25) is 0 Å². The molecule has 1 unspecified atom stereocenters. The van der Waals surface area contributed by atoms with E-state index in [0.717, 1.165) is 48.4 Å². The summed E-state index contributed by atoms with van der Waals surface area (Å²) in [5, 5.41) is 14.8. The fourth-order valence-electron chi connectivity index (χ4n) is 3.04. The van der Waals surface area contributed by atoms with Crippen molar-refractivity contribution in [3.8, 4) is 11.3 Å². The van der Waals surface area contributed by atoms with Crippen molar-refractivity contribution in [1.82, 2.24) is 20.1 Å². The van der Waals surface area contributed by atoms with E-state index in [4.69, 9.17) is 4.98 Å². The first-order chi connectivity index (χ1) is 11.8. The summed E-state index contributed by atoms with van der Waals surface area (Å²) in [6.45, 7) is 5.78. The molecule has 0 saturated heterocycles. The second-order valence-corrected chi connectivity index (χ2v) is 7.17. The van der Waals surface area contributed by atoms with E-state index in [1.807, 2.05) is 25.1 Å². The van der Waals surface area contributed by atoms with Crippen molar-refractivity contribution in [2.24, 2.45) is 5.92 Å². The van der Waals surface area contributed by atoms with Crippen LogP contribution in [0.4, 0.5) is 5.82 Å². The highest BCUT2D eigenvalue weighted by Gasteiger charge is 2.18. The Labute approximate surface area is 145 Å². The summed E-state index contributed by atoms with van der Waals surface area (Å²) in [5.74, 6) is 1.68. The summed E-state index contributed by atoms with van der Waals surface area (Å²) in [7, 11) is 0. The van der Waals surface area contributed by atoms with Crippen LogP contribution < -0.4 is 10.6 Å². The van der Waals surface area contributed by atoms with Gasteiger partial charge in [-0.15, -0.1) is 11.3 Å². The SMILES string of the molecule is Cc1cc2n(n1)CC(CNCc1nc(-c3ccccc3)cs1)CN2. The molecule has 4 rings (SSSR count). The molecule has 24 heavy (non-hydrogen) atoms. The molecule has 3 aromatic rings.